The van der Waals surface area contributed by atoms with Crippen molar-refractivity contribution < 1.29 is 0 Å². The third-order valence-electron chi connectivity index (χ3n) is 3.90. The van der Waals surface area contributed by atoms with Gasteiger partial charge in [0.2, 0.25) is 0 Å². The van der Waals surface area contributed by atoms with Crippen molar-refractivity contribution in [2.24, 2.45) is 5.73 Å². The monoisotopic (exact) mass is 296 g/mol. The summed E-state index contributed by atoms with van der Waals surface area (Å²) in [7, 11) is 0. The molecule has 2 N–H and O–H groups in total. The molecule has 1 aliphatic carbocycles. The number of hydrogen-bond donors (Lipinski definition) is 1. The van der Waals surface area contributed by atoms with Crippen molar-refractivity contribution in [3.63, 3.8) is 0 Å². The first kappa shape index (κ1) is 14.6. The topological polar surface area (TPSA) is 29.3 Å². The van der Waals surface area contributed by atoms with Crippen molar-refractivity contribution in [2.75, 3.05) is 11.4 Å². The zero-order chi connectivity index (χ0) is 13.8. The molecule has 0 radical (unpaired) electrons. The number of anilines is 1. The van der Waals surface area contributed by atoms with E-state index in [0.717, 1.165) is 17.8 Å². The second kappa shape index (κ2) is 6.58. The second-order valence-electron chi connectivity index (χ2n) is 5.08. The summed E-state index contributed by atoms with van der Waals surface area (Å²) in [6, 6.07) is 6.50. The van der Waals surface area contributed by atoms with Crippen molar-refractivity contribution in [3.05, 3.63) is 28.8 Å². The zero-order valence-corrected chi connectivity index (χ0v) is 12.9. The minimum atomic E-state index is 0.384. The Balaban J connectivity index is 2.37. The smallest absolute Gasteiger partial charge is 0.107 e. The first-order chi connectivity index (χ1) is 9.15. The van der Waals surface area contributed by atoms with E-state index in [1.165, 1.54) is 32.1 Å². The van der Waals surface area contributed by atoms with Crippen LogP contribution in [0.15, 0.2) is 18.2 Å². The van der Waals surface area contributed by atoms with Gasteiger partial charge in [0.1, 0.15) is 4.99 Å². The molecule has 2 rings (SSSR count). The van der Waals surface area contributed by atoms with E-state index in [0.29, 0.717) is 16.1 Å². The summed E-state index contributed by atoms with van der Waals surface area (Å²) in [5, 5.41) is 0.652. The van der Waals surface area contributed by atoms with Crippen LogP contribution >= 0.6 is 23.8 Å². The highest BCUT2D eigenvalue weighted by Crippen LogP contribution is 2.32. The van der Waals surface area contributed by atoms with Crippen molar-refractivity contribution in [3.8, 4) is 0 Å². The van der Waals surface area contributed by atoms with Crippen LogP contribution in [-0.2, 0) is 0 Å². The van der Waals surface area contributed by atoms with Crippen LogP contribution in [0.2, 0.25) is 5.02 Å². The number of nitrogens with two attached hydrogens (primary N) is 1. The minimum absolute atomic E-state index is 0.384. The molecule has 0 aromatic heterocycles. The highest BCUT2D eigenvalue weighted by molar-refractivity contribution is 7.80. The number of thiocarbonyl (C=S) groups is 1. The highest BCUT2D eigenvalue weighted by Gasteiger charge is 2.23. The van der Waals surface area contributed by atoms with Gasteiger partial charge in [-0.05, 0) is 31.9 Å². The summed E-state index contributed by atoms with van der Waals surface area (Å²) >= 11 is 11.4. The molecule has 0 heterocycles. The van der Waals surface area contributed by atoms with Crippen LogP contribution in [0.1, 0.15) is 44.6 Å². The van der Waals surface area contributed by atoms with Crippen LogP contribution in [-0.4, -0.2) is 17.6 Å². The quantitative estimate of drug-likeness (QED) is 0.847. The van der Waals surface area contributed by atoms with Gasteiger partial charge < -0.3 is 10.6 Å². The Morgan fingerprint density at radius 3 is 2.63 bits per heavy atom. The van der Waals surface area contributed by atoms with Crippen molar-refractivity contribution in [1.29, 1.82) is 0 Å². The lowest BCUT2D eigenvalue weighted by Crippen LogP contribution is -2.38. The van der Waals surface area contributed by atoms with Crippen LogP contribution in [0.4, 0.5) is 5.69 Å². The van der Waals surface area contributed by atoms with Crippen molar-refractivity contribution >= 4 is 34.5 Å². The number of benzene rings is 1. The molecule has 1 aromatic carbocycles. The number of halogens is 1. The molecule has 2 nitrogen and oxygen atoms in total. The van der Waals surface area contributed by atoms with Crippen LogP contribution in [0.5, 0.6) is 0 Å². The summed E-state index contributed by atoms with van der Waals surface area (Å²) < 4.78 is 0. The first-order valence-electron chi connectivity index (χ1n) is 7.00. The molecular weight excluding hydrogens is 276 g/mol. The molecule has 0 unspecified atom stereocenters. The summed E-state index contributed by atoms with van der Waals surface area (Å²) in [6.45, 7) is 3.14. The van der Waals surface area contributed by atoms with E-state index < -0.39 is 0 Å². The molecule has 4 heteroatoms. The van der Waals surface area contributed by atoms with Crippen molar-refractivity contribution in [1.82, 2.24) is 0 Å². The standard InChI is InChI=1S/C15H21ClN2S/c1-2-18(11-7-4-3-5-8-11)13-10-6-9-12(16)14(13)15(17)19/h6,9-11H,2-5,7-8H2,1H3,(H2,17,19). The normalized spacial score (nSPS) is 16.3. The first-order valence-corrected chi connectivity index (χ1v) is 7.78. The van der Waals surface area contributed by atoms with Gasteiger partial charge in [0.25, 0.3) is 0 Å². The predicted octanol–water partition coefficient (Wildman–Crippen LogP) is 4.13. The van der Waals surface area contributed by atoms with E-state index in [2.05, 4.69) is 17.9 Å². The van der Waals surface area contributed by atoms with Gasteiger partial charge in [0.05, 0.1) is 10.6 Å². The molecule has 0 saturated heterocycles. The summed E-state index contributed by atoms with van der Waals surface area (Å²) in [4.78, 5) is 2.80. The zero-order valence-electron chi connectivity index (χ0n) is 11.4. The molecule has 0 amide bonds. The average Bonchev–Trinajstić information content (AvgIpc) is 2.40. The van der Waals surface area contributed by atoms with Gasteiger partial charge in [-0.1, -0.05) is 49.1 Å². The maximum Gasteiger partial charge on any atom is 0.107 e. The molecule has 1 aliphatic rings. The fraction of sp³-hybridized carbons (Fsp3) is 0.533. The van der Waals surface area contributed by atoms with Gasteiger partial charge in [-0.25, -0.2) is 0 Å². The molecule has 104 valence electrons. The van der Waals surface area contributed by atoms with Gasteiger partial charge >= 0.3 is 0 Å². The highest BCUT2D eigenvalue weighted by atomic mass is 35.5. The average molecular weight is 297 g/mol. The number of hydrogen-bond acceptors (Lipinski definition) is 2. The van der Waals surface area contributed by atoms with Crippen LogP contribution in [0.25, 0.3) is 0 Å². The van der Waals surface area contributed by atoms with Gasteiger partial charge in [0.15, 0.2) is 0 Å². The van der Waals surface area contributed by atoms with Crippen LogP contribution < -0.4 is 10.6 Å². The molecule has 0 atom stereocenters. The van der Waals surface area contributed by atoms with E-state index in [4.69, 9.17) is 29.6 Å². The number of nitrogens with zero attached hydrogens (tertiary/aromatic N) is 1. The second-order valence-corrected chi connectivity index (χ2v) is 5.92. The molecule has 0 aliphatic heterocycles. The van der Waals surface area contributed by atoms with Crippen LogP contribution in [0.3, 0.4) is 0 Å². The Kier molecular flexibility index (Phi) is 5.06. The molecule has 1 aromatic rings. The van der Waals surface area contributed by atoms with Gasteiger partial charge in [0, 0.05) is 18.3 Å². The lowest BCUT2D eigenvalue weighted by molar-refractivity contribution is 0.418. The SMILES string of the molecule is CCN(c1cccc(Cl)c1C(N)=S)C1CCCCC1. The summed E-state index contributed by atoms with van der Waals surface area (Å²) in [6.07, 6.45) is 6.47. The number of rotatable bonds is 4. The van der Waals surface area contributed by atoms with E-state index in [1.807, 2.05) is 12.1 Å². The lowest BCUT2D eigenvalue weighted by atomic mass is 9.93. The largest absolute Gasteiger partial charge is 0.389 e. The Bertz CT molecular complexity index is 455. The third-order valence-corrected chi connectivity index (χ3v) is 4.42. The van der Waals surface area contributed by atoms with Gasteiger partial charge in [-0.3, -0.25) is 0 Å². The van der Waals surface area contributed by atoms with E-state index in [9.17, 15) is 0 Å². The lowest BCUT2D eigenvalue weighted by Gasteiger charge is -2.36. The molecular formula is C15H21ClN2S. The van der Waals surface area contributed by atoms with E-state index in [1.54, 1.807) is 0 Å². The van der Waals surface area contributed by atoms with Gasteiger partial charge in [-0.2, -0.15) is 0 Å². The Morgan fingerprint density at radius 1 is 1.37 bits per heavy atom. The maximum atomic E-state index is 6.27. The molecule has 0 bridgehead atoms. The Labute approximate surface area is 125 Å². The summed E-state index contributed by atoms with van der Waals surface area (Å²) in [5.41, 5.74) is 7.78. The predicted molar refractivity (Wildman–Crippen MR) is 87.2 cm³/mol. The fourth-order valence-electron chi connectivity index (χ4n) is 3.01. The molecule has 0 spiro atoms. The molecule has 1 fully saturated rings. The Hall–Kier alpha value is -0.800. The maximum absolute atomic E-state index is 6.27. The molecule has 19 heavy (non-hydrogen) atoms. The van der Waals surface area contributed by atoms with E-state index in [-0.39, 0.29) is 0 Å². The van der Waals surface area contributed by atoms with Crippen molar-refractivity contribution in [2.45, 2.75) is 45.1 Å². The molecule has 1 saturated carbocycles. The fourth-order valence-corrected chi connectivity index (χ4v) is 3.56. The van der Waals surface area contributed by atoms with E-state index >= 15 is 0 Å². The Morgan fingerprint density at radius 2 is 2.05 bits per heavy atom. The van der Waals surface area contributed by atoms with Crippen LogP contribution in [0, 0.1) is 0 Å². The van der Waals surface area contributed by atoms with Gasteiger partial charge in [-0.15, -0.1) is 0 Å². The summed E-state index contributed by atoms with van der Waals surface area (Å²) in [5.74, 6) is 0. The third kappa shape index (κ3) is 3.21. The minimum Gasteiger partial charge on any atom is -0.389 e.